The van der Waals surface area contributed by atoms with Crippen molar-refractivity contribution in [1.82, 2.24) is 0 Å². The van der Waals surface area contributed by atoms with Crippen LogP contribution in [0.3, 0.4) is 0 Å². The zero-order chi connectivity index (χ0) is 21.4. The molecule has 170 valence electrons. The zero-order valence-electron chi connectivity index (χ0n) is 20.7. The molecule has 0 spiro atoms. The number of hydrogen-bond donors (Lipinski definition) is 0. The van der Waals surface area contributed by atoms with Gasteiger partial charge in [-0.05, 0) is 0 Å². The molecule has 0 aliphatic heterocycles. The number of hydrogen-bond acceptors (Lipinski definition) is 1. The molecule has 0 aliphatic carbocycles. The van der Waals surface area contributed by atoms with E-state index < -0.39 is 18.4 Å². The molecule has 1 heterocycles. The van der Waals surface area contributed by atoms with Gasteiger partial charge < -0.3 is 0 Å². The average Bonchev–Trinajstić information content (AvgIpc) is 3.15. The van der Waals surface area contributed by atoms with Crippen LogP contribution in [0, 0.1) is 5.92 Å². The maximum absolute atomic E-state index is 2.60. The van der Waals surface area contributed by atoms with Crippen LogP contribution >= 0.6 is 11.3 Å². The second-order valence-electron chi connectivity index (χ2n) is 10.5. The van der Waals surface area contributed by atoms with E-state index in [4.69, 9.17) is 0 Å². The molecular weight excluding hydrogens is 475 g/mol. The summed E-state index contributed by atoms with van der Waals surface area (Å²) in [6.45, 7) is 4.63. The molecule has 1 aromatic heterocycles. The first-order valence-corrected chi connectivity index (χ1v) is 23.9. The number of rotatable bonds is 19. The van der Waals surface area contributed by atoms with Gasteiger partial charge in [0.15, 0.2) is 0 Å². The summed E-state index contributed by atoms with van der Waals surface area (Å²) in [5.74, 6) is 0.930. The molecule has 2 heteroatoms. The SMILES string of the molecule is CCCCCCCCCCC(CCCCCCCC)Cc1cs[c]([Sn]([CH3])([CH3])[CH3])c1. The summed E-state index contributed by atoms with van der Waals surface area (Å²) in [5.41, 5.74) is 1.66. The molecule has 0 N–H and O–H groups in total. The molecule has 0 amide bonds. The molecule has 1 aromatic rings. The van der Waals surface area contributed by atoms with Crippen LogP contribution in [0.4, 0.5) is 0 Å². The summed E-state index contributed by atoms with van der Waals surface area (Å²) in [4.78, 5) is 7.66. The first-order chi connectivity index (χ1) is 14.0. The fraction of sp³-hybridized carbons (Fsp3) is 0.852. The van der Waals surface area contributed by atoms with Crippen molar-refractivity contribution in [2.75, 3.05) is 0 Å². The average molecular weight is 527 g/mol. The van der Waals surface area contributed by atoms with E-state index in [1.165, 1.54) is 109 Å². The maximum atomic E-state index is 2.60. The monoisotopic (exact) mass is 528 g/mol. The van der Waals surface area contributed by atoms with Gasteiger partial charge in [0.25, 0.3) is 0 Å². The van der Waals surface area contributed by atoms with Crippen molar-refractivity contribution in [3.63, 3.8) is 0 Å². The number of unbranched alkanes of at least 4 members (excludes halogenated alkanes) is 12. The van der Waals surface area contributed by atoms with Crippen molar-refractivity contribution >= 4 is 32.6 Å². The molecule has 29 heavy (non-hydrogen) atoms. The minimum absolute atomic E-state index is 0.930. The quantitative estimate of drug-likeness (QED) is 0.124. The van der Waals surface area contributed by atoms with E-state index >= 15 is 0 Å². The van der Waals surface area contributed by atoms with Crippen LogP contribution in [0.1, 0.15) is 122 Å². The molecule has 0 aromatic carbocycles. The molecule has 0 saturated heterocycles. The normalized spacial score (nSPS) is 13.1. The third kappa shape index (κ3) is 14.2. The van der Waals surface area contributed by atoms with E-state index in [1.807, 2.05) is 0 Å². The van der Waals surface area contributed by atoms with Crippen molar-refractivity contribution < 1.29 is 0 Å². The summed E-state index contributed by atoms with van der Waals surface area (Å²) in [7, 11) is 0. The molecule has 0 fully saturated rings. The second kappa shape index (κ2) is 17.1. The number of thiophene rings is 1. The van der Waals surface area contributed by atoms with E-state index in [0.29, 0.717) is 0 Å². The Balaban J connectivity index is 2.37. The van der Waals surface area contributed by atoms with E-state index in [2.05, 4.69) is 51.4 Å². The Kier molecular flexibility index (Phi) is 16.2. The van der Waals surface area contributed by atoms with Gasteiger partial charge >= 0.3 is 167 Å². The van der Waals surface area contributed by atoms with Gasteiger partial charge in [-0.15, -0.1) is 0 Å². The molecule has 1 unspecified atom stereocenters. The standard InChI is InChI=1S/C24H43S.3CH3.Sn/c1-3-5-7-9-11-12-14-16-18-23(21-24-19-20-25-22-24)17-15-13-10-8-6-4-2;;;;/h19,22-23H,3-18,21H2,1-2H3;3*1H3;. The van der Waals surface area contributed by atoms with Gasteiger partial charge in [0.2, 0.25) is 0 Å². The third-order valence-corrected chi connectivity index (χ3v) is 16.9. The fourth-order valence-electron chi connectivity index (χ4n) is 4.34. The Morgan fingerprint density at radius 3 is 1.55 bits per heavy atom. The van der Waals surface area contributed by atoms with Crippen molar-refractivity contribution in [3.8, 4) is 0 Å². The van der Waals surface area contributed by atoms with E-state index in [1.54, 1.807) is 8.46 Å². The molecule has 0 bridgehead atoms. The summed E-state index contributed by atoms with van der Waals surface area (Å²) >= 11 is 0.194. The van der Waals surface area contributed by atoms with Gasteiger partial charge in [0.05, 0.1) is 0 Å². The molecule has 0 radical (unpaired) electrons. The van der Waals surface area contributed by atoms with Crippen molar-refractivity contribution in [2.24, 2.45) is 5.92 Å². The topological polar surface area (TPSA) is 0 Å². The van der Waals surface area contributed by atoms with Gasteiger partial charge in [-0.25, -0.2) is 0 Å². The second-order valence-corrected chi connectivity index (χ2v) is 26.8. The Morgan fingerprint density at radius 1 is 0.690 bits per heavy atom. The Labute approximate surface area is 192 Å². The molecular formula is C27H52SSn. The van der Waals surface area contributed by atoms with E-state index in [-0.39, 0.29) is 0 Å². The van der Waals surface area contributed by atoms with Crippen molar-refractivity contribution in [2.45, 2.75) is 138 Å². The first-order valence-electron chi connectivity index (χ1n) is 13.0. The van der Waals surface area contributed by atoms with Gasteiger partial charge in [-0.3, -0.25) is 0 Å². The minimum atomic E-state index is -1.88. The molecule has 0 aliphatic rings. The van der Waals surface area contributed by atoms with Crippen LogP contribution in [-0.2, 0) is 6.42 Å². The summed E-state index contributed by atoms with van der Waals surface area (Å²) in [6, 6.07) is 2.60. The van der Waals surface area contributed by atoms with E-state index in [0.717, 1.165) is 5.92 Å². The van der Waals surface area contributed by atoms with Crippen LogP contribution in [0.5, 0.6) is 0 Å². The predicted octanol–water partition coefficient (Wildman–Crippen LogP) is 9.73. The van der Waals surface area contributed by atoms with Gasteiger partial charge in [-0.1, -0.05) is 26.7 Å². The Hall–Kier alpha value is 0.499. The van der Waals surface area contributed by atoms with Crippen LogP contribution < -0.4 is 2.89 Å². The third-order valence-electron chi connectivity index (χ3n) is 6.35. The van der Waals surface area contributed by atoms with Crippen LogP contribution in [0.15, 0.2) is 11.4 Å². The molecule has 0 nitrogen and oxygen atoms in total. The van der Waals surface area contributed by atoms with Crippen molar-refractivity contribution in [3.05, 3.63) is 17.0 Å². The van der Waals surface area contributed by atoms with Gasteiger partial charge in [0.1, 0.15) is 0 Å². The van der Waals surface area contributed by atoms with E-state index in [9.17, 15) is 0 Å². The fourth-order valence-corrected chi connectivity index (χ4v) is 10.7. The van der Waals surface area contributed by atoms with Crippen molar-refractivity contribution in [1.29, 1.82) is 0 Å². The predicted molar refractivity (Wildman–Crippen MR) is 140 cm³/mol. The summed E-state index contributed by atoms with van der Waals surface area (Å²) < 4.78 is 1.76. The summed E-state index contributed by atoms with van der Waals surface area (Å²) in [6.07, 6.45) is 24.5. The Morgan fingerprint density at radius 2 is 1.14 bits per heavy atom. The Bertz CT molecular complexity index is 485. The zero-order valence-corrected chi connectivity index (χ0v) is 24.3. The van der Waals surface area contributed by atoms with Gasteiger partial charge in [0, 0.05) is 0 Å². The molecule has 1 rings (SSSR count). The summed E-state index contributed by atoms with van der Waals surface area (Å²) in [5, 5.41) is 2.50. The van der Waals surface area contributed by atoms with Crippen LogP contribution in [0.2, 0.25) is 14.8 Å². The molecule has 1 atom stereocenters. The van der Waals surface area contributed by atoms with Crippen LogP contribution in [-0.4, -0.2) is 18.4 Å². The first kappa shape index (κ1) is 27.5. The van der Waals surface area contributed by atoms with Gasteiger partial charge in [-0.2, -0.15) is 0 Å². The van der Waals surface area contributed by atoms with Crippen LogP contribution in [0.25, 0.3) is 0 Å². The molecule has 0 saturated carbocycles.